The lowest BCUT2D eigenvalue weighted by Crippen LogP contribution is -2.58. The highest BCUT2D eigenvalue weighted by Gasteiger charge is 2.45. The van der Waals surface area contributed by atoms with Gasteiger partial charge in [-0.15, -0.1) is 0 Å². The predicted octanol–water partition coefficient (Wildman–Crippen LogP) is 0.502. The van der Waals surface area contributed by atoms with E-state index in [4.69, 9.17) is 19.3 Å². The number of hydrogen-bond donors (Lipinski definition) is 2. The first kappa shape index (κ1) is 17.6. The highest BCUT2D eigenvalue weighted by Crippen LogP contribution is 2.27. The standard InChI is InChI=1S/C14H22O7/c1-4-5-9-12(18)14(13(19-3)8(2)20-9)21-11(17)7-6-10(15)16/h6-9,12-14,18H,4-5H2,1-3H3,(H,15,16). The van der Waals surface area contributed by atoms with Gasteiger partial charge in [-0.05, 0) is 13.3 Å². The van der Waals surface area contributed by atoms with Gasteiger partial charge in [-0.1, -0.05) is 13.3 Å². The molecule has 0 aliphatic carbocycles. The van der Waals surface area contributed by atoms with Crippen LogP contribution in [0.4, 0.5) is 0 Å². The van der Waals surface area contributed by atoms with Crippen LogP contribution >= 0.6 is 0 Å². The summed E-state index contributed by atoms with van der Waals surface area (Å²) in [5.41, 5.74) is 0. The minimum atomic E-state index is -1.25. The normalized spacial score (nSPS) is 33.0. The van der Waals surface area contributed by atoms with Gasteiger partial charge in [-0.25, -0.2) is 9.59 Å². The third kappa shape index (κ3) is 4.80. The van der Waals surface area contributed by atoms with Crippen molar-refractivity contribution in [2.75, 3.05) is 7.11 Å². The topological polar surface area (TPSA) is 102 Å². The summed E-state index contributed by atoms with van der Waals surface area (Å²) in [7, 11) is 1.44. The molecule has 1 heterocycles. The molecular weight excluding hydrogens is 280 g/mol. The molecule has 0 saturated carbocycles. The molecule has 7 nitrogen and oxygen atoms in total. The predicted molar refractivity (Wildman–Crippen MR) is 72.7 cm³/mol. The number of carbonyl (C=O) groups is 2. The number of carboxylic acid groups (broad SMARTS) is 1. The average molecular weight is 302 g/mol. The number of ether oxygens (including phenoxy) is 3. The molecule has 0 aromatic rings. The van der Waals surface area contributed by atoms with Crippen LogP contribution in [0, 0.1) is 0 Å². The molecule has 0 aromatic carbocycles. The Morgan fingerprint density at radius 3 is 2.48 bits per heavy atom. The Morgan fingerprint density at radius 2 is 1.95 bits per heavy atom. The number of methoxy groups -OCH3 is 1. The van der Waals surface area contributed by atoms with Gasteiger partial charge in [0.25, 0.3) is 0 Å². The molecular formula is C14H22O7. The lowest BCUT2D eigenvalue weighted by Gasteiger charge is -2.42. The number of aliphatic carboxylic acids is 1. The number of rotatable bonds is 6. The van der Waals surface area contributed by atoms with Crippen LogP contribution < -0.4 is 0 Å². The fraction of sp³-hybridized carbons (Fsp3) is 0.714. The molecule has 5 unspecified atom stereocenters. The van der Waals surface area contributed by atoms with Gasteiger partial charge < -0.3 is 24.4 Å². The number of esters is 1. The largest absolute Gasteiger partial charge is 0.478 e. The SMILES string of the molecule is CCCC1OC(C)C(OC)C(OC(=O)C=CC(=O)O)C1O. The highest BCUT2D eigenvalue weighted by molar-refractivity contribution is 5.90. The van der Waals surface area contributed by atoms with Crippen molar-refractivity contribution >= 4 is 11.9 Å². The smallest absolute Gasteiger partial charge is 0.331 e. The van der Waals surface area contributed by atoms with Gasteiger partial charge in [0.15, 0.2) is 6.10 Å². The van der Waals surface area contributed by atoms with Crippen molar-refractivity contribution in [3.8, 4) is 0 Å². The van der Waals surface area contributed by atoms with Gasteiger partial charge in [-0.3, -0.25) is 0 Å². The van der Waals surface area contributed by atoms with Crippen molar-refractivity contribution in [3.63, 3.8) is 0 Å². The molecule has 120 valence electrons. The summed E-state index contributed by atoms with van der Waals surface area (Å²) in [6, 6.07) is 0. The molecule has 0 radical (unpaired) electrons. The Labute approximate surface area is 123 Å². The molecule has 0 spiro atoms. The maximum Gasteiger partial charge on any atom is 0.331 e. The van der Waals surface area contributed by atoms with E-state index in [1.807, 2.05) is 6.92 Å². The van der Waals surface area contributed by atoms with Crippen LogP contribution in [-0.2, 0) is 23.8 Å². The molecule has 1 aliphatic rings. The minimum absolute atomic E-state index is 0.351. The van der Waals surface area contributed by atoms with Gasteiger partial charge >= 0.3 is 11.9 Å². The Hall–Kier alpha value is -1.44. The number of aliphatic hydroxyl groups excluding tert-OH is 1. The summed E-state index contributed by atoms with van der Waals surface area (Å²) in [5.74, 6) is -2.09. The zero-order valence-corrected chi connectivity index (χ0v) is 12.4. The molecule has 0 bridgehead atoms. The Bertz CT molecular complexity index is 393. The van der Waals surface area contributed by atoms with E-state index >= 15 is 0 Å². The first-order chi connectivity index (χ1) is 9.90. The van der Waals surface area contributed by atoms with Crippen LogP contribution in [0.3, 0.4) is 0 Å². The van der Waals surface area contributed by atoms with E-state index in [1.54, 1.807) is 6.92 Å². The van der Waals surface area contributed by atoms with Crippen molar-refractivity contribution in [2.24, 2.45) is 0 Å². The van der Waals surface area contributed by atoms with Crippen molar-refractivity contribution in [1.29, 1.82) is 0 Å². The summed E-state index contributed by atoms with van der Waals surface area (Å²) in [6.07, 6.45) is -0.412. The zero-order valence-electron chi connectivity index (χ0n) is 12.4. The van der Waals surface area contributed by atoms with Crippen molar-refractivity contribution in [2.45, 2.75) is 57.2 Å². The van der Waals surface area contributed by atoms with E-state index in [0.29, 0.717) is 12.5 Å². The Morgan fingerprint density at radius 1 is 1.29 bits per heavy atom. The van der Waals surface area contributed by atoms with Gasteiger partial charge in [-0.2, -0.15) is 0 Å². The van der Waals surface area contributed by atoms with E-state index in [0.717, 1.165) is 12.5 Å². The Balaban J connectivity index is 2.81. The molecule has 2 N–H and O–H groups in total. The molecule has 1 saturated heterocycles. The van der Waals surface area contributed by atoms with Crippen LogP contribution in [0.15, 0.2) is 12.2 Å². The second kappa shape index (κ2) is 8.11. The van der Waals surface area contributed by atoms with Crippen molar-refractivity contribution in [1.82, 2.24) is 0 Å². The number of aliphatic hydroxyl groups is 1. The molecule has 5 atom stereocenters. The quantitative estimate of drug-likeness (QED) is 0.544. The number of carboxylic acids is 1. The summed E-state index contributed by atoms with van der Waals surface area (Å²) in [4.78, 5) is 22.0. The van der Waals surface area contributed by atoms with E-state index in [1.165, 1.54) is 7.11 Å². The maximum absolute atomic E-state index is 11.6. The number of carbonyl (C=O) groups excluding carboxylic acids is 1. The van der Waals surface area contributed by atoms with Gasteiger partial charge in [0.05, 0.1) is 12.2 Å². The molecule has 0 aromatic heterocycles. The fourth-order valence-corrected chi connectivity index (χ4v) is 2.41. The maximum atomic E-state index is 11.6. The van der Waals surface area contributed by atoms with E-state index in [9.17, 15) is 14.7 Å². The summed E-state index contributed by atoms with van der Waals surface area (Å²) < 4.78 is 16.1. The first-order valence-electron chi connectivity index (χ1n) is 6.88. The van der Waals surface area contributed by atoms with Gasteiger partial charge in [0.2, 0.25) is 0 Å². The lowest BCUT2D eigenvalue weighted by atomic mass is 9.93. The van der Waals surface area contributed by atoms with Gasteiger partial charge in [0.1, 0.15) is 12.2 Å². The van der Waals surface area contributed by atoms with Crippen LogP contribution in [0.1, 0.15) is 26.7 Å². The summed E-state index contributed by atoms with van der Waals surface area (Å²) in [6.45, 7) is 3.73. The van der Waals surface area contributed by atoms with E-state index < -0.39 is 36.4 Å². The summed E-state index contributed by atoms with van der Waals surface area (Å²) in [5, 5.41) is 18.8. The number of hydrogen-bond acceptors (Lipinski definition) is 6. The van der Waals surface area contributed by atoms with Crippen molar-refractivity contribution in [3.05, 3.63) is 12.2 Å². The second-order valence-electron chi connectivity index (χ2n) is 4.93. The molecule has 0 amide bonds. The Kier molecular flexibility index (Phi) is 6.80. The minimum Gasteiger partial charge on any atom is -0.478 e. The van der Waals surface area contributed by atoms with Gasteiger partial charge in [0, 0.05) is 19.3 Å². The fourth-order valence-electron chi connectivity index (χ4n) is 2.41. The molecule has 21 heavy (non-hydrogen) atoms. The second-order valence-corrected chi connectivity index (χ2v) is 4.93. The molecule has 1 rings (SSSR count). The van der Waals surface area contributed by atoms with E-state index in [2.05, 4.69) is 0 Å². The highest BCUT2D eigenvalue weighted by atomic mass is 16.6. The lowest BCUT2D eigenvalue weighted by molar-refractivity contribution is -0.234. The van der Waals surface area contributed by atoms with Crippen LogP contribution in [0.5, 0.6) is 0 Å². The van der Waals surface area contributed by atoms with Crippen LogP contribution in [0.25, 0.3) is 0 Å². The average Bonchev–Trinajstić information content (AvgIpc) is 2.42. The molecule has 1 aliphatic heterocycles. The first-order valence-corrected chi connectivity index (χ1v) is 6.88. The van der Waals surface area contributed by atoms with Crippen LogP contribution in [0.2, 0.25) is 0 Å². The third-order valence-corrected chi connectivity index (χ3v) is 3.35. The third-order valence-electron chi connectivity index (χ3n) is 3.35. The van der Waals surface area contributed by atoms with E-state index in [-0.39, 0.29) is 6.10 Å². The molecule has 7 heteroatoms. The zero-order chi connectivity index (χ0) is 16.0. The van der Waals surface area contributed by atoms with Crippen LogP contribution in [-0.4, -0.2) is 59.8 Å². The summed E-state index contributed by atoms with van der Waals surface area (Å²) >= 11 is 0. The monoisotopic (exact) mass is 302 g/mol. The van der Waals surface area contributed by atoms with Crippen molar-refractivity contribution < 1.29 is 34.0 Å². The molecule has 1 fully saturated rings.